The van der Waals surface area contributed by atoms with E-state index in [1.54, 1.807) is 10.9 Å². The van der Waals surface area contributed by atoms with Crippen LogP contribution in [0.15, 0.2) is 42.7 Å². The quantitative estimate of drug-likeness (QED) is 0.876. The van der Waals surface area contributed by atoms with E-state index >= 15 is 0 Å². The van der Waals surface area contributed by atoms with Crippen molar-refractivity contribution in [2.45, 2.75) is 44.6 Å². The zero-order chi connectivity index (χ0) is 17.6. The second-order valence-corrected chi connectivity index (χ2v) is 6.46. The van der Waals surface area contributed by atoms with E-state index < -0.39 is 5.97 Å². The molecule has 1 N–H and O–H groups in total. The molecule has 0 bridgehead atoms. The van der Waals surface area contributed by atoms with Crippen molar-refractivity contribution in [3.8, 4) is 5.69 Å². The van der Waals surface area contributed by atoms with E-state index in [0.717, 1.165) is 37.1 Å². The number of carboxylic acid groups (broad SMARTS) is 1. The standard InChI is InChI=1S/C19H23N3O3/c23-18(21-12-2-1-4-16(21)9-10-19(24)25)14-15-5-7-17(8-6-15)22-13-3-11-20-22/h3,5-8,11,13,16H,1-2,4,9-10,12,14H2,(H,24,25)/t16-/m1/s1. The van der Waals surface area contributed by atoms with Gasteiger partial charge in [0.1, 0.15) is 0 Å². The van der Waals surface area contributed by atoms with E-state index in [1.165, 1.54) is 0 Å². The first kappa shape index (κ1) is 17.2. The molecule has 1 fully saturated rings. The van der Waals surface area contributed by atoms with Crippen molar-refractivity contribution >= 4 is 11.9 Å². The van der Waals surface area contributed by atoms with E-state index in [2.05, 4.69) is 5.10 Å². The number of carbonyl (C=O) groups is 2. The molecule has 1 atom stereocenters. The zero-order valence-corrected chi connectivity index (χ0v) is 14.2. The van der Waals surface area contributed by atoms with Gasteiger partial charge < -0.3 is 10.0 Å². The summed E-state index contributed by atoms with van der Waals surface area (Å²) in [6.07, 6.45) is 7.57. The maximum Gasteiger partial charge on any atom is 0.303 e. The average molecular weight is 341 g/mol. The summed E-state index contributed by atoms with van der Waals surface area (Å²) in [6, 6.07) is 9.73. The van der Waals surface area contributed by atoms with Crippen LogP contribution < -0.4 is 0 Å². The third kappa shape index (κ3) is 4.47. The lowest BCUT2D eigenvalue weighted by Gasteiger charge is -2.35. The highest BCUT2D eigenvalue weighted by molar-refractivity contribution is 5.79. The Morgan fingerprint density at radius 2 is 2.00 bits per heavy atom. The first-order chi connectivity index (χ1) is 12.1. The van der Waals surface area contributed by atoms with Crippen molar-refractivity contribution in [3.63, 3.8) is 0 Å². The second-order valence-electron chi connectivity index (χ2n) is 6.46. The number of rotatable bonds is 6. The van der Waals surface area contributed by atoms with Gasteiger partial charge in [-0.25, -0.2) is 4.68 Å². The first-order valence-electron chi connectivity index (χ1n) is 8.74. The number of aliphatic carboxylic acids is 1. The molecule has 1 aromatic carbocycles. The molecular formula is C19H23N3O3. The van der Waals surface area contributed by atoms with Gasteiger partial charge in [0.25, 0.3) is 0 Å². The van der Waals surface area contributed by atoms with Crippen LogP contribution in [0.25, 0.3) is 5.69 Å². The molecule has 0 radical (unpaired) electrons. The van der Waals surface area contributed by atoms with Gasteiger partial charge in [-0.2, -0.15) is 5.10 Å². The van der Waals surface area contributed by atoms with Crippen LogP contribution in [0.1, 0.15) is 37.7 Å². The van der Waals surface area contributed by atoms with Crippen LogP contribution in [0, 0.1) is 0 Å². The Morgan fingerprint density at radius 3 is 2.68 bits per heavy atom. The molecule has 0 unspecified atom stereocenters. The normalized spacial score (nSPS) is 17.4. The van der Waals surface area contributed by atoms with Crippen molar-refractivity contribution < 1.29 is 14.7 Å². The number of hydrogen-bond acceptors (Lipinski definition) is 3. The summed E-state index contributed by atoms with van der Waals surface area (Å²) in [5.74, 6) is -0.714. The van der Waals surface area contributed by atoms with Crippen molar-refractivity contribution in [1.29, 1.82) is 0 Å². The minimum absolute atomic E-state index is 0.0562. The lowest BCUT2D eigenvalue weighted by molar-refractivity contribution is -0.139. The van der Waals surface area contributed by atoms with Gasteiger partial charge >= 0.3 is 5.97 Å². The third-order valence-electron chi connectivity index (χ3n) is 4.70. The van der Waals surface area contributed by atoms with Gasteiger partial charge in [0.2, 0.25) is 5.91 Å². The Morgan fingerprint density at radius 1 is 1.20 bits per heavy atom. The van der Waals surface area contributed by atoms with Crippen LogP contribution in [0.2, 0.25) is 0 Å². The lowest BCUT2D eigenvalue weighted by Crippen LogP contribution is -2.44. The number of aromatic nitrogens is 2. The number of likely N-dealkylation sites (tertiary alicyclic amines) is 1. The Bertz CT molecular complexity index is 710. The molecule has 6 nitrogen and oxygen atoms in total. The summed E-state index contributed by atoms with van der Waals surface area (Å²) in [7, 11) is 0. The SMILES string of the molecule is O=C(O)CC[C@H]1CCCCN1C(=O)Cc1ccc(-n2cccn2)cc1. The molecule has 3 rings (SSSR count). The maximum absolute atomic E-state index is 12.7. The number of benzene rings is 1. The van der Waals surface area contributed by atoms with E-state index in [4.69, 9.17) is 5.11 Å². The predicted molar refractivity (Wildman–Crippen MR) is 93.5 cm³/mol. The van der Waals surface area contributed by atoms with Crippen LogP contribution in [0.4, 0.5) is 0 Å². The zero-order valence-electron chi connectivity index (χ0n) is 14.2. The van der Waals surface area contributed by atoms with Crippen LogP contribution in [-0.2, 0) is 16.0 Å². The largest absolute Gasteiger partial charge is 0.481 e. The molecule has 0 saturated carbocycles. The molecule has 132 valence electrons. The van der Waals surface area contributed by atoms with Crippen molar-refractivity contribution in [2.75, 3.05) is 6.54 Å². The number of piperidine rings is 1. The van der Waals surface area contributed by atoms with Crippen molar-refractivity contribution in [3.05, 3.63) is 48.3 Å². The van der Waals surface area contributed by atoms with Crippen molar-refractivity contribution in [2.24, 2.45) is 0 Å². The summed E-state index contributed by atoms with van der Waals surface area (Å²) in [6.45, 7) is 0.731. The third-order valence-corrected chi connectivity index (χ3v) is 4.70. The smallest absolute Gasteiger partial charge is 0.303 e. The molecule has 0 aliphatic carbocycles. The molecule has 1 aliphatic rings. The Balaban J connectivity index is 1.62. The van der Waals surface area contributed by atoms with Crippen LogP contribution >= 0.6 is 0 Å². The Hall–Kier alpha value is -2.63. The number of amides is 1. The summed E-state index contributed by atoms with van der Waals surface area (Å²) in [5, 5.41) is 13.1. The molecule has 25 heavy (non-hydrogen) atoms. The molecule has 2 aromatic rings. The highest BCUT2D eigenvalue weighted by Crippen LogP contribution is 2.22. The first-order valence-corrected chi connectivity index (χ1v) is 8.74. The molecule has 0 spiro atoms. The van der Waals surface area contributed by atoms with Gasteiger partial charge in [-0.3, -0.25) is 9.59 Å². The predicted octanol–water partition coefficient (Wildman–Crippen LogP) is 2.66. The highest BCUT2D eigenvalue weighted by atomic mass is 16.4. The van der Waals surface area contributed by atoms with Crippen LogP contribution in [0.3, 0.4) is 0 Å². The van der Waals surface area contributed by atoms with Gasteiger partial charge in [-0.1, -0.05) is 12.1 Å². The van der Waals surface area contributed by atoms with Gasteiger partial charge in [0, 0.05) is 31.4 Å². The van der Waals surface area contributed by atoms with E-state index in [9.17, 15) is 9.59 Å². The van der Waals surface area contributed by atoms with Crippen LogP contribution in [0.5, 0.6) is 0 Å². The van der Waals surface area contributed by atoms with E-state index in [0.29, 0.717) is 12.8 Å². The van der Waals surface area contributed by atoms with Gasteiger partial charge in [0.05, 0.1) is 12.1 Å². The monoisotopic (exact) mass is 341 g/mol. The summed E-state index contributed by atoms with van der Waals surface area (Å²) in [5.41, 5.74) is 1.92. The minimum atomic E-state index is -0.799. The number of carbonyl (C=O) groups excluding carboxylic acids is 1. The summed E-state index contributed by atoms with van der Waals surface area (Å²) < 4.78 is 1.78. The molecule has 1 saturated heterocycles. The number of hydrogen-bond donors (Lipinski definition) is 1. The molecular weight excluding hydrogens is 318 g/mol. The number of carboxylic acids is 1. The van der Waals surface area contributed by atoms with Crippen molar-refractivity contribution in [1.82, 2.24) is 14.7 Å². The molecule has 2 heterocycles. The van der Waals surface area contributed by atoms with Gasteiger partial charge in [-0.05, 0) is 49.4 Å². The van der Waals surface area contributed by atoms with Gasteiger partial charge in [0.15, 0.2) is 0 Å². The maximum atomic E-state index is 12.7. The molecule has 1 aliphatic heterocycles. The van der Waals surface area contributed by atoms with Gasteiger partial charge in [-0.15, -0.1) is 0 Å². The molecule has 1 aromatic heterocycles. The van der Waals surface area contributed by atoms with Crippen LogP contribution in [-0.4, -0.2) is 44.3 Å². The highest BCUT2D eigenvalue weighted by Gasteiger charge is 2.26. The fraction of sp³-hybridized carbons (Fsp3) is 0.421. The Kier molecular flexibility index (Phi) is 5.48. The molecule has 1 amide bonds. The Labute approximate surface area is 147 Å². The molecule has 6 heteroatoms. The lowest BCUT2D eigenvalue weighted by atomic mass is 9.97. The fourth-order valence-corrected chi connectivity index (χ4v) is 3.38. The summed E-state index contributed by atoms with van der Waals surface area (Å²) in [4.78, 5) is 25.4. The van der Waals surface area contributed by atoms with E-state index in [-0.39, 0.29) is 18.4 Å². The minimum Gasteiger partial charge on any atom is -0.481 e. The fourth-order valence-electron chi connectivity index (χ4n) is 3.38. The summed E-state index contributed by atoms with van der Waals surface area (Å²) >= 11 is 0. The topological polar surface area (TPSA) is 75.4 Å². The average Bonchev–Trinajstić information content (AvgIpc) is 3.15. The number of nitrogens with zero attached hydrogens (tertiary/aromatic N) is 3. The van der Waals surface area contributed by atoms with E-state index in [1.807, 2.05) is 41.4 Å². The second kappa shape index (κ2) is 7.96.